The first kappa shape index (κ1) is 18.7. The number of rotatable bonds is 6. The van der Waals surface area contributed by atoms with Gasteiger partial charge in [-0.2, -0.15) is 22.5 Å². The van der Waals surface area contributed by atoms with Crippen LogP contribution in [-0.4, -0.2) is 67.9 Å². The van der Waals surface area contributed by atoms with Gasteiger partial charge in [0.2, 0.25) is 15.9 Å². The standard InChI is InChI=1S/C13H19F3N4O3S/c1-19(2)11-7-17-8-12(18-11)23-10-3-5-20(9-10)24(21,22)6-4-13(14,15)16/h7-8,10H,3-6,9H2,1-2H3. The number of anilines is 1. The molecular weight excluding hydrogens is 349 g/mol. The van der Waals surface area contributed by atoms with Gasteiger partial charge in [-0.15, -0.1) is 0 Å². The molecule has 0 saturated carbocycles. The van der Waals surface area contributed by atoms with E-state index in [2.05, 4.69) is 9.97 Å². The third-order valence-corrected chi connectivity index (χ3v) is 5.33. The van der Waals surface area contributed by atoms with Crippen LogP contribution in [0.4, 0.5) is 19.0 Å². The second-order valence-electron chi connectivity index (χ2n) is 5.68. The highest BCUT2D eigenvalue weighted by Gasteiger charge is 2.36. The van der Waals surface area contributed by atoms with Crippen LogP contribution in [0.15, 0.2) is 12.4 Å². The zero-order chi connectivity index (χ0) is 18.0. The van der Waals surface area contributed by atoms with Crippen LogP contribution in [-0.2, 0) is 10.0 Å². The highest BCUT2D eigenvalue weighted by Crippen LogP contribution is 2.24. The van der Waals surface area contributed by atoms with Crippen LogP contribution < -0.4 is 9.64 Å². The van der Waals surface area contributed by atoms with Gasteiger partial charge in [-0.3, -0.25) is 4.98 Å². The molecule has 7 nitrogen and oxygen atoms in total. The second kappa shape index (κ2) is 7.09. The molecule has 0 N–H and O–H groups in total. The molecule has 1 aliphatic heterocycles. The van der Waals surface area contributed by atoms with Crippen molar-refractivity contribution in [1.29, 1.82) is 0 Å². The van der Waals surface area contributed by atoms with Crippen LogP contribution in [0, 0.1) is 0 Å². The van der Waals surface area contributed by atoms with E-state index in [0.29, 0.717) is 12.2 Å². The van der Waals surface area contributed by atoms with Gasteiger partial charge >= 0.3 is 6.18 Å². The molecule has 1 aromatic rings. The molecule has 1 aromatic heterocycles. The predicted octanol–water partition coefficient (Wildman–Crippen LogP) is 1.28. The molecule has 0 radical (unpaired) electrons. The SMILES string of the molecule is CN(C)c1cncc(OC2CCN(S(=O)(=O)CCC(F)(F)F)C2)n1. The van der Waals surface area contributed by atoms with E-state index < -0.39 is 34.5 Å². The molecule has 2 heterocycles. The Morgan fingerprint density at radius 1 is 1.38 bits per heavy atom. The lowest BCUT2D eigenvalue weighted by molar-refractivity contribution is -0.130. The molecule has 0 aromatic carbocycles. The molecule has 136 valence electrons. The number of sulfonamides is 1. The summed E-state index contributed by atoms with van der Waals surface area (Å²) < 4.78 is 67.2. The number of ether oxygens (including phenoxy) is 1. The van der Waals surface area contributed by atoms with Crippen molar-refractivity contribution < 1.29 is 26.3 Å². The van der Waals surface area contributed by atoms with Gasteiger partial charge < -0.3 is 9.64 Å². The molecule has 1 fully saturated rings. The molecule has 1 atom stereocenters. The monoisotopic (exact) mass is 368 g/mol. The Hall–Kier alpha value is -1.62. The van der Waals surface area contributed by atoms with Crippen LogP contribution in [0.25, 0.3) is 0 Å². The largest absolute Gasteiger partial charge is 0.472 e. The van der Waals surface area contributed by atoms with E-state index in [0.717, 1.165) is 4.31 Å². The van der Waals surface area contributed by atoms with Gasteiger partial charge in [0.1, 0.15) is 6.10 Å². The molecule has 11 heteroatoms. The third kappa shape index (κ3) is 5.20. The smallest absolute Gasteiger partial charge is 0.390 e. The minimum atomic E-state index is -4.50. The van der Waals surface area contributed by atoms with Crippen LogP contribution in [0.1, 0.15) is 12.8 Å². The van der Waals surface area contributed by atoms with Gasteiger partial charge in [0.15, 0.2) is 5.82 Å². The summed E-state index contributed by atoms with van der Waals surface area (Å²) in [6, 6.07) is 0. The van der Waals surface area contributed by atoms with Crippen LogP contribution in [0.3, 0.4) is 0 Å². The van der Waals surface area contributed by atoms with Crippen molar-refractivity contribution in [2.75, 3.05) is 37.8 Å². The Labute approximate surface area is 138 Å². The summed E-state index contributed by atoms with van der Waals surface area (Å²) in [7, 11) is -0.371. The fraction of sp³-hybridized carbons (Fsp3) is 0.692. The molecule has 1 saturated heterocycles. The Kier molecular flexibility index (Phi) is 5.53. The predicted molar refractivity (Wildman–Crippen MR) is 81.4 cm³/mol. The summed E-state index contributed by atoms with van der Waals surface area (Å²) in [6.45, 7) is 0.139. The number of alkyl halides is 3. The number of hydrogen-bond acceptors (Lipinski definition) is 6. The van der Waals surface area contributed by atoms with Crippen LogP contribution >= 0.6 is 0 Å². The van der Waals surface area contributed by atoms with Gasteiger partial charge in [-0.25, -0.2) is 8.42 Å². The van der Waals surface area contributed by atoms with Crippen molar-refractivity contribution in [3.8, 4) is 5.88 Å². The highest BCUT2D eigenvalue weighted by molar-refractivity contribution is 7.89. The number of halogens is 3. The summed E-state index contributed by atoms with van der Waals surface area (Å²) in [4.78, 5) is 9.94. The highest BCUT2D eigenvalue weighted by atomic mass is 32.2. The number of aromatic nitrogens is 2. The zero-order valence-electron chi connectivity index (χ0n) is 13.3. The fourth-order valence-corrected chi connectivity index (χ4v) is 3.73. The normalized spacial score (nSPS) is 19.5. The lowest BCUT2D eigenvalue weighted by atomic mass is 10.3. The lowest BCUT2D eigenvalue weighted by Gasteiger charge is -2.18. The first-order valence-electron chi connectivity index (χ1n) is 7.27. The first-order chi connectivity index (χ1) is 11.1. The molecule has 1 unspecified atom stereocenters. The fourth-order valence-electron chi connectivity index (χ4n) is 2.20. The van der Waals surface area contributed by atoms with Gasteiger partial charge in [-0.1, -0.05) is 0 Å². The summed E-state index contributed by atoms with van der Waals surface area (Å²) in [5.74, 6) is -0.111. The van der Waals surface area contributed by atoms with Crippen molar-refractivity contribution in [1.82, 2.24) is 14.3 Å². The number of hydrogen-bond donors (Lipinski definition) is 0. The molecule has 1 aliphatic rings. The Balaban J connectivity index is 1.94. The summed E-state index contributed by atoms with van der Waals surface area (Å²) >= 11 is 0. The van der Waals surface area contributed by atoms with Gasteiger partial charge in [-0.05, 0) is 6.42 Å². The first-order valence-corrected chi connectivity index (χ1v) is 8.88. The maximum atomic E-state index is 12.2. The van der Waals surface area contributed by atoms with Crippen molar-refractivity contribution >= 4 is 15.8 Å². The minimum Gasteiger partial charge on any atom is -0.472 e. The average molecular weight is 368 g/mol. The quantitative estimate of drug-likeness (QED) is 0.753. The van der Waals surface area contributed by atoms with E-state index in [-0.39, 0.29) is 19.0 Å². The molecule has 0 amide bonds. The minimum absolute atomic E-state index is 0.00800. The van der Waals surface area contributed by atoms with E-state index in [9.17, 15) is 21.6 Å². The maximum absolute atomic E-state index is 12.2. The van der Waals surface area contributed by atoms with Gasteiger partial charge in [0, 0.05) is 20.6 Å². The summed E-state index contributed by atoms with van der Waals surface area (Å²) in [5, 5.41) is 0. The third-order valence-electron chi connectivity index (χ3n) is 3.49. The lowest BCUT2D eigenvalue weighted by Crippen LogP contribution is -2.34. The average Bonchev–Trinajstić information content (AvgIpc) is 2.94. The molecule has 0 spiro atoms. The maximum Gasteiger partial charge on any atom is 0.390 e. The van der Waals surface area contributed by atoms with Crippen molar-refractivity contribution in [2.24, 2.45) is 0 Å². The van der Waals surface area contributed by atoms with Gasteiger partial charge in [0.05, 0.1) is 31.1 Å². The van der Waals surface area contributed by atoms with E-state index in [1.165, 1.54) is 6.20 Å². The number of nitrogens with zero attached hydrogens (tertiary/aromatic N) is 4. The van der Waals surface area contributed by atoms with E-state index in [1.54, 1.807) is 25.2 Å². The molecule has 2 rings (SSSR count). The zero-order valence-corrected chi connectivity index (χ0v) is 14.1. The van der Waals surface area contributed by atoms with Crippen molar-refractivity contribution in [2.45, 2.75) is 25.1 Å². The topological polar surface area (TPSA) is 75.6 Å². The van der Waals surface area contributed by atoms with Gasteiger partial charge in [0.25, 0.3) is 0 Å². The van der Waals surface area contributed by atoms with Crippen LogP contribution in [0.5, 0.6) is 5.88 Å². The second-order valence-corrected chi connectivity index (χ2v) is 7.77. The molecular formula is C13H19F3N4O3S. The van der Waals surface area contributed by atoms with Crippen LogP contribution in [0.2, 0.25) is 0 Å². The van der Waals surface area contributed by atoms with Crippen molar-refractivity contribution in [3.63, 3.8) is 0 Å². The van der Waals surface area contributed by atoms with E-state index in [1.807, 2.05) is 0 Å². The molecule has 0 bridgehead atoms. The summed E-state index contributed by atoms with van der Waals surface area (Å²) in [5.41, 5.74) is 0. The van der Waals surface area contributed by atoms with E-state index >= 15 is 0 Å². The van der Waals surface area contributed by atoms with Crippen molar-refractivity contribution in [3.05, 3.63) is 12.4 Å². The summed E-state index contributed by atoms with van der Waals surface area (Å²) in [6.07, 6.45) is -2.96. The van der Waals surface area contributed by atoms with E-state index in [4.69, 9.17) is 4.74 Å². The molecule has 0 aliphatic carbocycles. The Morgan fingerprint density at radius 3 is 2.71 bits per heavy atom. The Bertz CT molecular complexity index is 667. The molecule has 24 heavy (non-hydrogen) atoms. The Morgan fingerprint density at radius 2 is 2.08 bits per heavy atom.